The van der Waals surface area contributed by atoms with Gasteiger partial charge in [0, 0.05) is 22.7 Å². The summed E-state index contributed by atoms with van der Waals surface area (Å²) in [5, 5.41) is 6.22. The minimum atomic E-state index is -2.90. The molecule has 50 heavy (non-hydrogen) atoms. The number of aromatic nitrogens is 4. The van der Waals surface area contributed by atoms with Crippen LogP contribution in [0.2, 0.25) is 0 Å². The second-order valence-corrected chi connectivity index (χ2v) is 16.2. The van der Waals surface area contributed by atoms with E-state index in [4.69, 9.17) is 15.0 Å². The van der Waals surface area contributed by atoms with E-state index < -0.39 is 8.07 Å². The highest BCUT2D eigenvalue weighted by atomic mass is 28.3. The highest BCUT2D eigenvalue weighted by Gasteiger charge is 2.43. The summed E-state index contributed by atoms with van der Waals surface area (Å²) in [6.07, 6.45) is 2.11. The van der Waals surface area contributed by atoms with Crippen molar-refractivity contribution in [2.24, 2.45) is 0 Å². The summed E-state index contributed by atoms with van der Waals surface area (Å²) in [7, 11) is -2.90. The fraction of sp³-hybridized carbons (Fsp3) is 0. The summed E-state index contributed by atoms with van der Waals surface area (Å²) < 4.78 is 2.22. The van der Waals surface area contributed by atoms with Crippen molar-refractivity contribution in [3.05, 3.63) is 194 Å². The second-order valence-electron chi connectivity index (χ2n) is 12.4. The van der Waals surface area contributed by atoms with Crippen molar-refractivity contribution in [2.75, 3.05) is 0 Å². The molecule has 0 spiro atoms. The van der Waals surface area contributed by atoms with Gasteiger partial charge >= 0.3 is 0 Å². The molecule has 0 aliphatic heterocycles. The van der Waals surface area contributed by atoms with Crippen LogP contribution in [0.25, 0.3) is 50.6 Å². The molecule has 0 saturated carbocycles. The Labute approximate surface area is 292 Å². The Morgan fingerprint density at radius 3 is 1.52 bits per heavy atom. The van der Waals surface area contributed by atoms with Gasteiger partial charge in [-0.15, -0.1) is 0 Å². The van der Waals surface area contributed by atoms with E-state index >= 15 is 0 Å². The van der Waals surface area contributed by atoms with Gasteiger partial charge in [-0.1, -0.05) is 170 Å². The predicted molar refractivity (Wildman–Crippen MR) is 208 cm³/mol. The quantitative estimate of drug-likeness (QED) is 0.131. The molecule has 0 fully saturated rings. The summed E-state index contributed by atoms with van der Waals surface area (Å²) in [6, 6.07) is 66.7. The number of fused-ring (bicyclic) bond motifs is 3. The Bertz CT molecular complexity index is 2440. The molecule has 0 saturated heterocycles. The van der Waals surface area contributed by atoms with E-state index in [1.165, 1.54) is 20.7 Å². The largest absolute Gasteiger partial charge is 0.316 e. The molecule has 9 aromatic rings. The summed E-state index contributed by atoms with van der Waals surface area (Å²) in [6.45, 7) is 0. The first-order valence-corrected chi connectivity index (χ1v) is 18.9. The fourth-order valence-electron chi connectivity index (χ4n) is 7.49. The third-order valence-corrected chi connectivity index (χ3v) is 14.5. The Balaban J connectivity index is 1.39. The van der Waals surface area contributed by atoms with Crippen molar-refractivity contribution in [2.45, 2.75) is 0 Å². The average Bonchev–Trinajstić information content (AvgIpc) is 3.54. The molecule has 236 valence electrons. The maximum absolute atomic E-state index is 5.41. The van der Waals surface area contributed by atoms with E-state index in [0.717, 1.165) is 33.1 Å². The van der Waals surface area contributed by atoms with Gasteiger partial charge < -0.3 is 4.40 Å². The first kappa shape index (κ1) is 29.7. The van der Waals surface area contributed by atoms with Gasteiger partial charge in [-0.3, -0.25) is 0 Å². The number of pyridine rings is 1. The number of para-hydroxylation sites is 1. The molecule has 5 heteroatoms. The Kier molecular flexibility index (Phi) is 7.45. The molecule has 0 unspecified atom stereocenters. The van der Waals surface area contributed by atoms with Gasteiger partial charge in [0.15, 0.2) is 25.5 Å². The van der Waals surface area contributed by atoms with Gasteiger partial charge in [-0.25, -0.2) is 15.0 Å². The number of nitrogens with zero attached hydrogens (tertiary/aromatic N) is 4. The van der Waals surface area contributed by atoms with Crippen LogP contribution in [0, 0.1) is 0 Å². The topological polar surface area (TPSA) is 43.1 Å². The molecule has 0 amide bonds. The van der Waals surface area contributed by atoms with Crippen molar-refractivity contribution < 1.29 is 0 Å². The van der Waals surface area contributed by atoms with Crippen molar-refractivity contribution >= 4 is 45.2 Å². The normalized spacial score (nSPS) is 11.6. The van der Waals surface area contributed by atoms with Gasteiger partial charge in [-0.05, 0) is 38.9 Å². The number of hydrogen-bond donors (Lipinski definition) is 0. The molecule has 3 aromatic heterocycles. The molecule has 0 bridgehead atoms. The van der Waals surface area contributed by atoms with Gasteiger partial charge in [-0.2, -0.15) is 0 Å². The van der Waals surface area contributed by atoms with E-state index in [0.29, 0.717) is 17.5 Å². The highest BCUT2D eigenvalue weighted by Crippen LogP contribution is 2.35. The fourth-order valence-corrected chi connectivity index (χ4v) is 12.4. The molecule has 4 nitrogen and oxygen atoms in total. The van der Waals surface area contributed by atoms with Crippen LogP contribution >= 0.6 is 0 Å². The molecule has 0 aliphatic rings. The first-order chi connectivity index (χ1) is 24.8. The van der Waals surface area contributed by atoms with Crippen molar-refractivity contribution in [1.29, 1.82) is 0 Å². The van der Waals surface area contributed by atoms with Crippen LogP contribution in [0.15, 0.2) is 194 Å². The van der Waals surface area contributed by atoms with E-state index in [-0.39, 0.29) is 0 Å². The zero-order valence-electron chi connectivity index (χ0n) is 27.3. The molecule has 9 rings (SSSR count). The molecule has 6 aromatic carbocycles. The standard InChI is InChI=1S/C45H32N4Si/c1-5-19-33(20-6-1)43-46-44(48-45(47-43)42-37-27-13-15-29-39(37)49-32-18-17-30-40(42)49)38-28-14-16-31-41(38)50(34-21-7-2-8-22-34,35-23-9-3-10-24-35)36-25-11-4-12-26-36/h1-32H. The van der Waals surface area contributed by atoms with Crippen LogP contribution in [-0.2, 0) is 0 Å². The summed E-state index contributed by atoms with van der Waals surface area (Å²) in [5.41, 5.74) is 5.12. The number of hydrogen-bond acceptors (Lipinski definition) is 3. The lowest BCUT2D eigenvalue weighted by molar-refractivity contribution is 1.08. The van der Waals surface area contributed by atoms with Crippen LogP contribution in [0.4, 0.5) is 0 Å². The van der Waals surface area contributed by atoms with E-state index in [1.807, 2.05) is 18.2 Å². The minimum Gasteiger partial charge on any atom is -0.316 e. The lowest BCUT2D eigenvalue weighted by Crippen LogP contribution is -2.75. The van der Waals surface area contributed by atoms with Crippen LogP contribution in [0.1, 0.15) is 0 Å². The molecule has 0 atom stereocenters. The Morgan fingerprint density at radius 2 is 0.860 bits per heavy atom. The maximum Gasteiger partial charge on any atom is 0.180 e. The van der Waals surface area contributed by atoms with Crippen LogP contribution in [0.3, 0.4) is 0 Å². The second kappa shape index (κ2) is 12.5. The van der Waals surface area contributed by atoms with Crippen LogP contribution in [0.5, 0.6) is 0 Å². The number of benzene rings is 6. The van der Waals surface area contributed by atoms with E-state index in [1.54, 1.807) is 0 Å². The zero-order chi connectivity index (χ0) is 33.3. The van der Waals surface area contributed by atoms with Crippen LogP contribution < -0.4 is 20.7 Å². The molecular weight excluding hydrogens is 625 g/mol. The monoisotopic (exact) mass is 656 g/mol. The van der Waals surface area contributed by atoms with Gasteiger partial charge in [0.25, 0.3) is 0 Å². The summed E-state index contributed by atoms with van der Waals surface area (Å²) in [4.78, 5) is 15.9. The van der Waals surface area contributed by atoms with Crippen molar-refractivity contribution in [3.8, 4) is 34.2 Å². The number of rotatable bonds is 7. The molecular formula is C45H32N4Si. The highest BCUT2D eigenvalue weighted by molar-refractivity contribution is 7.20. The van der Waals surface area contributed by atoms with Gasteiger partial charge in [0.2, 0.25) is 0 Å². The van der Waals surface area contributed by atoms with E-state index in [9.17, 15) is 0 Å². The Morgan fingerprint density at radius 1 is 0.380 bits per heavy atom. The third kappa shape index (κ3) is 4.87. The summed E-state index contributed by atoms with van der Waals surface area (Å²) >= 11 is 0. The van der Waals surface area contributed by atoms with Crippen molar-refractivity contribution in [1.82, 2.24) is 19.4 Å². The smallest absolute Gasteiger partial charge is 0.180 e. The maximum atomic E-state index is 5.41. The average molecular weight is 657 g/mol. The first-order valence-electron chi connectivity index (χ1n) is 16.9. The predicted octanol–water partition coefficient (Wildman–Crippen LogP) is 7.66. The van der Waals surface area contributed by atoms with Gasteiger partial charge in [0.1, 0.15) is 0 Å². The summed E-state index contributed by atoms with van der Waals surface area (Å²) in [5.74, 6) is 1.95. The lowest BCUT2D eigenvalue weighted by atomic mass is 10.1. The van der Waals surface area contributed by atoms with Gasteiger partial charge in [0.05, 0.1) is 16.6 Å². The van der Waals surface area contributed by atoms with E-state index in [2.05, 4.69) is 180 Å². The zero-order valence-corrected chi connectivity index (χ0v) is 28.3. The molecule has 3 heterocycles. The SMILES string of the molecule is c1ccc(-c2nc(-c3ccccc3[Si](c3ccccc3)(c3ccccc3)c3ccccc3)nc(-c3c4ccccc4n4ccccc34)n2)cc1. The minimum absolute atomic E-state index is 0.645. The lowest BCUT2D eigenvalue weighted by Gasteiger charge is -2.35. The van der Waals surface area contributed by atoms with Crippen molar-refractivity contribution in [3.63, 3.8) is 0 Å². The third-order valence-electron chi connectivity index (χ3n) is 9.63. The Hall–Kier alpha value is -6.43. The molecule has 0 radical (unpaired) electrons. The molecule has 0 N–H and O–H groups in total. The molecule has 0 aliphatic carbocycles. The van der Waals surface area contributed by atoms with Crippen LogP contribution in [-0.4, -0.2) is 27.4 Å².